The van der Waals surface area contributed by atoms with Crippen molar-refractivity contribution in [2.24, 2.45) is 0 Å². The van der Waals surface area contributed by atoms with Crippen molar-refractivity contribution in [3.8, 4) is 5.75 Å². The standard InChI is InChI=1S/C15H23NO/c1-12-6-3-7-13(2)15(12)17-11-5-9-14-8-4-10-16-14/h3,6-7,14,16H,4-5,8-11H2,1-2H3. The molecule has 1 fully saturated rings. The first kappa shape index (κ1) is 12.4. The van der Waals surface area contributed by atoms with Crippen LogP contribution in [-0.2, 0) is 0 Å². The van der Waals surface area contributed by atoms with Crippen LogP contribution >= 0.6 is 0 Å². The van der Waals surface area contributed by atoms with Crippen LogP contribution in [0.15, 0.2) is 18.2 Å². The summed E-state index contributed by atoms with van der Waals surface area (Å²) in [5, 5.41) is 3.52. The van der Waals surface area contributed by atoms with Crippen LogP contribution in [0.3, 0.4) is 0 Å². The first-order valence-electron chi connectivity index (χ1n) is 6.70. The molecule has 2 nitrogen and oxygen atoms in total. The Morgan fingerprint density at radius 2 is 2.06 bits per heavy atom. The van der Waals surface area contributed by atoms with Crippen molar-refractivity contribution in [2.75, 3.05) is 13.2 Å². The highest BCUT2D eigenvalue weighted by molar-refractivity contribution is 5.39. The van der Waals surface area contributed by atoms with Crippen molar-refractivity contribution in [2.45, 2.75) is 45.6 Å². The van der Waals surface area contributed by atoms with Crippen LogP contribution in [0, 0.1) is 13.8 Å². The summed E-state index contributed by atoms with van der Waals surface area (Å²) in [5.41, 5.74) is 2.48. The van der Waals surface area contributed by atoms with Gasteiger partial charge in [-0.1, -0.05) is 18.2 Å². The lowest BCUT2D eigenvalue weighted by atomic mass is 10.1. The fourth-order valence-corrected chi connectivity index (χ4v) is 2.53. The van der Waals surface area contributed by atoms with Gasteiger partial charge in [0.25, 0.3) is 0 Å². The van der Waals surface area contributed by atoms with Gasteiger partial charge in [0, 0.05) is 6.04 Å². The molecule has 0 saturated carbocycles. The maximum absolute atomic E-state index is 5.90. The molecule has 2 heteroatoms. The predicted octanol–water partition coefficient (Wildman–Crippen LogP) is 3.21. The average Bonchev–Trinajstić information content (AvgIpc) is 2.80. The molecule has 0 spiro atoms. The lowest BCUT2D eigenvalue weighted by molar-refractivity contribution is 0.295. The monoisotopic (exact) mass is 233 g/mol. The second-order valence-corrected chi connectivity index (χ2v) is 5.00. The number of benzene rings is 1. The van der Waals surface area contributed by atoms with Crippen LogP contribution in [0.5, 0.6) is 5.75 Å². The molecule has 1 aromatic rings. The molecule has 1 saturated heterocycles. The van der Waals surface area contributed by atoms with Gasteiger partial charge in [0.2, 0.25) is 0 Å². The second-order valence-electron chi connectivity index (χ2n) is 5.00. The quantitative estimate of drug-likeness (QED) is 0.788. The highest BCUT2D eigenvalue weighted by atomic mass is 16.5. The average molecular weight is 233 g/mol. The summed E-state index contributed by atoms with van der Waals surface area (Å²) in [7, 11) is 0. The first-order valence-corrected chi connectivity index (χ1v) is 6.70. The Labute approximate surface area is 104 Å². The largest absolute Gasteiger partial charge is 0.493 e. The number of nitrogens with one attached hydrogen (secondary N) is 1. The third-order valence-electron chi connectivity index (χ3n) is 3.51. The molecule has 1 heterocycles. The molecule has 0 aliphatic carbocycles. The minimum atomic E-state index is 0.733. The number of aryl methyl sites for hydroxylation is 2. The molecule has 1 atom stereocenters. The molecule has 1 aliphatic rings. The van der Waals surface area contributed by atoms with Gasteiger partial charge in [0.1, 0.15) is 5.75 Å². The van der Waals surface area contributed by atoms with Crippen molar-refractivity contribution in [3.05, 3.63) is 29.3 Å². The van der Waals surface area contributed by atoms with Crippen molar-refractivity contribution < 1.29 is 4.74 Å². The first-order chi connectivity index (χ1) is 8.27. The van der Waals surface area contributed by atoms with Crippen molar-refractivity contribution in [3.63, 3.8) is 0 Å². The Morgan fingerprint density at radius 3 is 2.71 bits per heavy atom. The van der Waals surface area contributed by atoms with Crippen LogP contribution in [0.2, 0.25) is 0 Å². The van der Waals surface area contributed by atoms with Gasteiger partial charge < -0.3 is 10.1 Å². The van der Waals surface area contributed by atoms with Crippen molar-refractivity contribution >= 4 is 0 Å². The number of rotatable bonds is 5. The van der Waals surface area contributed by atoms with E-state index in [0.29, 0.717) is 0 Å². The Bertz CT molecular complexity index is 336. The van der Waals surface area contributed by atoms with Gasteiger partial charge in [-0.25, -0.2) is 0 Å². The highest BCUT2D eigenvalue weighted by Gasteiger charge is 2.13. The zero-order valence-electron chi connectivity index (χ0n) is 11.0. The van der Waals surface area contributed by atoms with Crippen molar-refractivity contribution in [1.82, 2.24) is 5.32 Å². The number of para-hydroxylation sites is 1. The molecule has 0 radical (unpaired) electrons. The molecular weight excluding hydrogens is 210 g/mol. The molecule has 1 aromatic carbocycles. The Hall–Kier alpha value is -1.02. The third-order valence-corrected chi connectivity index (χ3v) is 3.51. The highest BCUT2D eigenvalue weighted by Crippen LogP contribution is 2.22. The fraction of sp³-hybridized carbons (Fsp3) is 0.600. The molecule has 0 bridgehead atoms. The summed E-state index contributed by atoms with van der Waals surface area (Å²) in [4.78, 5) is 0. The fourth-order valence-electron chi connectivity index (χ4n) is 2.53. The minimum absolute atomic E-state index is 0.733. The van der Waals surface area contributed by atoms with Gasteiger partial charge in [-0.2, -0.15) is 0 Å². The van der Waals surface area contributed by atoms with E-state index < -0.39 is 0 Å². The molecular formula is C15H23NO. The maximum Gasteiger partial charge on any atom is 0.125 e. The van der Waals surface area contributed by atoms with E-state index in [1.807, 2.05) is 0 Å². The summed E-state index contributed by atoms with van der Waals surface area (Å²) in [6.07, 6.45) is 5.06. The SMILES string of the molecule is Cc1cccc(C)c1OCCCC1CCCN1. The molecule has 2 rings (SSSR count). The smallest absolute Gasteiger partial charge is 0.125 e. The number of hydrogen-bond acceptors (Lipinski definition) is 2. The van der Waals surface area contributed by atoms with Crippen LogP contribution < -0.4 is 10.1 Å². The molecule has 1 unspecified atom stereocenters. The summed E-state index contributed by atoms with van der Waals surface area (Å²) < 4.78 is 5.90. The van der Waals surface area contributed by atoms with Gasteiger partial charge >= 0.3 is 0 Å². The molecule has 1 aliphatic heterocycles. The van der Waals surface area contributed by atoms with Crippen LogP contribution in [0.4, 0.5) is 0 Å². The summed E-state index contributed by atoms with van der Waals surface area (Å²) >= 11 is 0. The maximum atomic E-state index is 5.90. The molecule has 0 aromatic heterocycles. The van der Waals surface area contributed by atoms with Crippen LogP contribution in [0.25, 0.3) is 0 Å². The molecule has 17 heavy (non-hydrogen) atoms. The van der Waals surface area contributed by atoms with Gasteiger partial charge in [0.05, 0.1) is 6.61 Å². The van der Waals surface area contributed by atoms with E-state index in [1.165, 1.54) is 36.9 Å². The van der Waals surface area contributed by atoms with E-state index >= 15 is 0 Å². The normalized spacial score (nSPS) is 19.5. The lowest BCUT2D eigenvalue weighted by Crippen LogP contribution is -2.21. The number of ether oxygens (including phenoxy) is 1. The van der Waals surface area contributed by atoms with E-state index in [0.717, 1.165) is 24.8 Å². The summed E-state index contributed by atoms with van der Waals surface area (Å²) in [6, 6.07) is 7.04. The topological polar surface area (TPSA) is 21.3 Å². The van der Waals surface area contributed by atoms with Crippen LogP contribution in [0.1, 0.15) is 36.8 Å². The van der Waals surface area contributed by atoms with E-state index in [2.05, 4.69) is 37.4 Å². The number of hydrogen-bond donors (Lipinski definition) is 1. The van der Waals surface area contributed by atoms with E-state index in [9.17, 15) is 0 Å². The van der Waals surface area contributed by atoms with Gasteiger partial charge in [-0.15, -0.1) is 0 Å². The molecule has 1 N–H and O–H groups in total. The third kappa shape index (κ3) is 3.47. The Balaban J connectivity index is 1.74. The second kappa shape index (κ2) is 6.06. The molecule has 0 amide bonds. The van der Waals surface area contributed by atoms with E-state index in [-0.39, 0.29) is 0 Å². The zero-order valence-corrected chi connectivity index (χ0v) is 11.0. The Morgan fingerprint density at radius 1 is 1.29 bits per heavy atom. The van der Waals surface area contributed by atoms with Crippen molar-refractivity contribution in [1.29, 1.82) is 0 Å². The predicted molar refractivity (Wildman–Crippen MR) is 71.7 cm³/mol. The Kier molecular flexibility index (Phi) is 4.43. The van der Waals surface area contributed by atoms with Crippen LogP contribution in [-0.4, -0.2) is 19.2 Å². The van der Waals surface area contributed by atoms with E-state index in [1.54, 1.807) is 0 Å². The zero-order chi connectivity index (χ0) is 12.1. The van der Waals surface area contributed by atoms with E-state index in [4.69, 9.17) is 4.74 Å². The summed E-state index contributed by atoms with van der Waals surface area (Å²) in [6.45, 7) is 6.26. The van der Waals surface area contributed by atoms with Gasteiger partial charge in [-0.05, 0) is 57.2 Å². The van der Waals surface area contributed by atoms with Gasteiger partial charge in [-0.3, -0.25) is 0 Å². The lowest BCUT2D eigenvalue weighted by Gasteiger charge is -2.13. The molecule has 94 valence electrons. The minimum Gasteiger partial charge on any atom is -0.493 e. The van der Waals surface area contributed by atoms with Gasteiger partial charge in [0.15, 0.2) is 0 Å². The summed E-state index contributed by atoms with van der Waals surface area (Å²) in [5.74, 6) is 1.08.